The van der Waals surface area contributed by atoms with E-state index in [1.54, 1.807) is 24.3 Å². The van der Waals surface area contributed by atoms with Crippen molar-refractivity contribution in [3.05, 3.63) is 131 Å². The lowest BCUT2D eigenvalue weighted by atomic mass is 10.0. The molecule has 0 aliphatic heterocycles. The molecule has 4 rings (SSSR count). The summed E-state index contributed by atoms with van der Waals surface area (Å²) in [6.45, 7) is 9.08. The lowest BCUT2D eigenvalue weighted by Gasteiger charge is -2.34. The lowest BCUT2D eigenvalue weighted by molar-refractivity contribution is -0.140. The van der Waals surface area contributed by atoms with Gasteiger partial charge in [0.2, 0.25) is 11.8 Å². The molecule has 1 atom stereocenters. The summed E-state index contributed by atoms with van der Waals surface area (Å²) >= 11 is 0. The maximum absolute atomic E-state index is 14.6. The Bertz CT molecular complexity index is 1690. The first kappa shape index (κ1) is 32.5. The van der Waals surface area contributed by atoms with Crippen LogP contribution in [0.1, 0.15) is 41.7 Å². The van der Waals surface area contributed by atoms with E-state index in [2.05, 4.69) is 5.32 Å². The SMILES string of the molecule is Cc1ccc(C)c(N(CC(=O)N(Cc2ccccc2C)[C@H](Cc2ccccc2)C(=O)NC(C)C)S(=O)(=O)c2ccccc2)c1. The van der Waals surface area contributed by atoms with Crippen LogP contribution in [-0.2, 0) is 32.6 Å². The van der Waals surface area contributed by atoms with Crippen LogP contribution in [0, 0.1) is 20.8 Å². The lowest BCUT2D eigenvalue weighted by Crippen LogP contribution is -2.54. The topological polar surface area (TPSA) is 86.8 Å². The first-order chi connectivity index (χ1) is 21.0. The number of sulfonamides is 1. The van der Waals surface area contributed by atoms with Gasteiger partial charge in [-0.1, -0.05) is 84.9 Å². The largest absolute Gasteiger partial charge is 0.352 e. The van der Waals surface area contributed by atoms with E-state index in [9.17, 15) is 18.0 Å². The molecule has 7 nitrogen and oxygen atoms in total. The summed E-state index contributed by atoms with van der Waals surface area (Å²) in [7, 11) is -4.14. The summed E-state index contributed by atoms with van der Waals surface area (Å²) < 4.78 is 29.5. The van der Waals surface area contributed by atoms with Crippen LogP contribution in [0.4, 0.5) is 5.69 Å². The van der Waals surface area contributed by atoms with Crippen molar-refractivity contribution in [1.82, 2.24) is 10.2 Å². The van der Waals surface area contributed by atoms with E-state index in [1.165, 1.54) is 21.3 Å². The van der Waals surface area contributed by atoms with Crippen LogP contribution in [0.15, 0.2) is 108 Å². The molecule has 1 N–H and O–H groups in total. The van der Waals surface area contributed by atoms with Gasteiger partial charge < -0.3 is 10.2 Å². The fourth-order valence-electron chi connectivity index (χ4n) is 5.13. The maximum atomic E-state index is 14.6. The number of nitrogens with zero attached hydrogens (tertiary/aromatic N) is 2. The summed E-state index contributed by atoms with van der Waals surface area (Å²) in [4.78, 5) is 30.0. The third-order valence-corrected chi connectivity index (χ3v) is 9.32. The summed E-state index contributed by atoms with van der Waals surface area (Å²) in [5.41, 5.74) is 4.73. The van der Waals surface area contributed by atoms with E-state index in [1.807, 2.05) is 101 Å². The fraction of sp³-hybridized carbons (Fsp3) is 0.278. The van der Waals surface area contributed by atoms with Gasteiger partial charge in [-0.05, 0) is 80.6 Å². The molecule has 8 heteroatoms. The summed E-state index contributed by atoms with van der Waals surface area (Å²) in [6.07, 6.45) is 0.270. The predicted octanol–water partition coefficient (Wildman–Crippen LogP) is 5.97. The van der Waals surface area contributed by atoms with Gasteiger partial charge in [-0.25, -0.2) is 8.42 Å². The molecule has 0 fully saturated rings. The second-order valence-corrected chi connectivity index (χ2v) is 13.3. The second-order valence-electron chi connectivity index (χ2n) is 11.4. The third-order valence-electron chi connectivity index (χ3n) is 7.55. The molecule has 0 bridgehead atoms. The number of amides is 2. The van der Waals surface area contributed by atoms with E-state index in [0.29, 0.717) is 11.3 Å². The fourth-order valence-corrected chi connectivity index (χ4v) is 6.62. The average molecular weight is 612 g/mol. The summed E-state index contributed by atoms with van der Waals surface area (Å²) in [5.74, 6) is -0.775. The minimum Gasteiger partial charge on any atom is -0.352 e. The number of anilines is 1. The Morgan fingerprint density at radius 3 is 2.02 bits per heavy atom. The molecular formula is C36H41N3O4S. The van der Waals surface area contributed by atoms with Gasteiger partial charge in [-0.15, -0.1) is 0 Å². The minimum absolute atomic E-state index is 0.0811. The van der Waals surface area contributed by atoms with Crippen molar-refractivity contribution in [1.29, 1.82) is 0 Å². The standard InChI is InChI=1S/C36H41N3O4S/c1-26(2)37-36(41)34(23-30-15-8-6-9-16-30)38(24-31-17-13-12-14-28(31)4)35(40)25-39(33-22-27(3)20-21-29(33)5)44(42,43)32-18-10-7-11-19-32/h6-22,26,34H,23-25H2,1-5H3,(H,37,41)/t34-/m1/s1. The van der Waals surface area contributed by atoms with Gasteiger partial charge in [0, 0.05) is 19.0 Å². The van der Waals surface area contributed by atoms with Crippen molar-refractivity contribution in [2.45, 2.75) is 64.6 Å². The van der Waals surface area contributed by atoms with Crippen LogP contribution in [0.5, 0.6) is 0 Å². The molecule has 2 amide bonds. The molecule has 0 aromatic heterocycles. The Balaban J connectivity index is 1.84. The van der Waals surface area contributed by atoms with Gasteiger partial charge in [0.1, 0.15) is 12.6 Å². The van der Waals surface area contributed by atoms with E-state index < -0.39 is 28.5 Å². The molecule has 0 radical (unpaired) electrons. The number of aryl methyl sites for hydroxylation is 3. The molecular weight excluding hydrogens is 570 g/mol. The van der Waals surface area contributed by atoms with Crippen molar-refractivity contribution in [2.24, 2.45) is 0 Å². The molecule has 44 heavy (non-hydrogen) atoms. The number of benzene rings is 4. The monoisotopic (exact) mass is 611 g/mol. The molecule has 0 saturated heterocycles. The average Bonchev–Trinajstić information content (AvgIpc) is 3.00. The Hall–Kier alpha value is -4.43. The zero-order valence-corrected chi connectivity index (χ0v) is 26.8. The molecule has 230 valence electrons. The van der Waals surface area contributed by atoms with E-state index >= 15 is 0 Å². The first-order valence-electron chi connectivity index (χ1n) is 14.8. The zero-order valence-electron chi connectivity index (χ0n) is 26.0. The third kappa shape index (κ3) is 7.94. The minimum atomic E-state index is -4.14. The number of hydrogen-bond acceptors (Lipinski definition) is 4. The van der Waals surface area contributed by atoms with Crippen LogP contribution in [0.3, 0.4) is 0 Å². The Morgan fingerprint density at radius 1 is 0.773 bits per heavy atom. The van der Waals surface area contributed by atoms with E-state index in [0.717, 1.165) is 22.3 Å². The molecule has 0 heterocycles. The molecule has 4 aromatic carbocycles. The van der Waals surface area contributed by atoms with Crippen LogP contribution in [-0.4, -0.2) is 43.8 Å². The van der Waals surface area contributed by atoms with Crippen molar-refractivity contribution < 1.29 is 18.0 Å². The molecule has 0 aliphatic carbocycles. The van der Waals surface area contributed by atoms with Crippen molar-refractivity contribution >= 4 is 27.5 Å². The van der Waals surface area contributed by atoms with Gasteiger partial charge in [0.25, 0.3) is 10.0 Å². The Morgan fingerprint density at radius 2 is 1.39 bits per heavy atom. The highest BCUT2D eigenvalue weighted by molar-refractivity contribution is 7.92. The summed E-state index contributed by atoms with van der Waals surface area (Å²) in [5, 5.41) is 2.99. The first-order valence-corrected chi connectivity index (χ1v) is 16.2. The van der Waals surface area contributed by atoms with Crippen LogP contribution in [0.25, 0.3) is 0 Å². The molecule has 4 aromatic rings. The number of hydrogen-bond donors (Lipinski definition) is 1. The number of carbonyl (C=O) groups is 2. The predicted molar refractivity (Wildman–Crippen MR) is 176 cm³/mol. The smallest absolute Gasteiger partial charge is 0.264 e. The van der Waals surface area contributed by atoms with Crippen LogP contribution in [0.2, 0.25) is 0 Å². The van der Waals surface area contributed by atoms with Gasteiger partial charge in [-0.2, -0.15) is 0 Å². The zero-order chi connectivity index (χ0) is 31.9. The number of rotatable bonds is 12. The second kappa shape index (κ2) is 14.4. The van der Waals surface area contributed by atoms with Crippen LogP contribution >= 0.6 is 0 Å². The number of carbonyl (C=O) groups excluding carboxylic acids is 2. The highest BCUT2D eigenvalue weighted by Gasteiger charge is 2.35. The quantitative estimate of drug-likeness (QED) is 0.214. The molecule has 0 aliphatic rings. The Labute approximate surface area is 261 Å². The normalized spacial score (nSPS) is 12.0. The van der Waals surface area contributed by atoms with Crippen LogP contribution < -0.4 is 9.62 Å². The van der Waals surface area contributed by atoms with Crippen molar-refractivity contribution in [3.8, 4) is 0 Å². The number of nitrogens with one attached hydrogen (secondary N) is 1. The van der Waals surface area contributed by atoms with Crippen molar-refractivity contribution in [2.75, 3.05) is 10.8 Å². The molecule has 0 saturated carbocycles. The van der Waals surface area contributed by atoms with Gasteiger partial charge in [0.15, 0.2) is 0 Å². The van der Waals surface area contributed by atoms with Gasteiger partial charge in [0.05, 0.1) is 10.6 Å². The Kier molecular flexibility index (Phi) is 10.6. The van der Waals surface area contributed by atoms with E-state index in [4.69, 9.17) is 0 Å². The molecule has 0 unspecified atom stereocenters. The van der Waals surface area contributed by atoms with E-state index in [-0.39, 0.29) is 29.8 Å². The summed E-state index contributed by atoms with van der Waals surface area (Å²) in [6, 6.07) is 29.9. The highest BCUT2D eigenvalue weighted by Crippen LogP contribution is 2.29. The van der Waals surface area contributed by atoms with Gasteiger partial charge >= 0.3 is 0 Å². The maximum Gasteiger partial charge on any atom is 0.264 e. The molecule has 0 spiro atoms. The van der Waals surface area contributed by atoms with Crippen molar-refractivity contribution in [3.63, 3.8) is 0 Å². The van der Waals surface area contributed by atoms with Gasteiger partial charge in [-0.3, -0.25) is 13.9 Å². The highest BCUT2D eigenvalue weighted by atomic mass is 32.2.